The minimum absolute atomic E-state index is 0.214. The van der Waals surface area contributed by atoms with E-state index < -0.39 is 6.04 Å². The molecule has 1 fully saturated rings. The SMILES string of the molecule is COC(=O)[C@@H]1CCCCN1C(=O)/C=C\c1c(C)nn(C)c1Cl. The molecule has 1 aromatic heterocycles. The minimum atomic E-state index is -0.499. The number of hydrogen-bond acceptors (Lipinski definition) is 4. The van der Waals surface area contributed by atoms with Gasteiger partial charge in [0, 0.05) is 25.2 Å². The molecule has 0 aliphatic carbocycles. The first-order valence-corrected chi connectivity index (χ1v) is 7.59. The zero-order valence-corrected chi connectivity index (χ0v) is 13.8. The maximum Gasteiger partial charge on any atom is 0.328 e. The number of nitrogens with zero attached hydrogens (tertiary/aromatic N) is 3. The quantitative estimate of drug-likeness (QED) is 0.629. The van der Waals surface area contributed by atoms with Gasteiger partial charge < -0.3 is 9.64 Å². The number of methoxy groups -OCH3 is 1. The Kier molecular flexibility index (Phi) is 5.24. The molecule has 1 atom stereocenters. The van der Waals surface area contributed by atoms with Gasteiger partial charge in [0.05, 0.1) is 12.8 Å². The maximum absolute atomic E-state index is 12.4. The number of esters is 1. The Morgan fingerprint density at radius 3 is 2.73 bits per heavy atom. The lowest BCUT2D eigenvalue weighted by Crippen LogP contribution is -2.47. The van der Waals surface area contributed by atoms with Crippen LogP contribution in [0.5, 0.6) is 0 Å². The van der Waals surface area contributed by atoms with Crippen molar-refractivity contribution in [1.29, 1.82) is 0 Å². The highest BCUT2D eigenvalue weighted by molar-refractivity contribution is 6.31. The number of hydrogen-bond donors (Lipinski definition) is 0. The summed E-state index contributed by atoms with van der Waals surface area (Å²) in [5, 5.41) is 4.67. The van der Waals surface area contributed by atoms with Gasteiger partial charge >= 0.3 is 5.97 Å². The van der Waals surface area contributed by atoms with Crippen molar-refractivity contribution in [3.63, 3.8) is 0 Å². The number of piperidine rings is 1. The van der Waals surface area contributed by atoms with Gasteiger partial charge in [-0.15, -0.1) is 0 Å². The second-order valence-electron chi connectivity index (χ2n) is 5.31. The molecule has 2 rings (SSSR count). The van der Waals surface area contributed by atoms with Crippen LogP contribution in [0.2, 0.25) is 5.15 Å². The summed E-state index contributed by atoms with van der Waals surface area (Å²) in [4.78, 5) is 25.7. The van der Waals surface area contributed by atoms with Crippen LogP contribution in [0.1, 0.15) is 30.5 Å². The van der Waals surface area contributed by atoms with Crippen LogP contribution in [0.4, 0.5) is 0 Å². The molecule has 7 heteroatoms. The maximum atomic E-state index is 12.4. The van der Waals surface area contributed by atoms with E-state index >= 15 is 0 Å². The Hall–Kier alpha value is -1.82. The molecule has 6 nitrogen and oxygen atoms in total. The van der Waals surface area contributed by atoms with Crippen molar-refractivity contribution in [2.75, 3.05) is 13.7 Å². The largest absolute Gasteiger partial charge is 0.467 e. The molecule has 1 aliphatic heterocycles. The number of ether oxygens (including phenoxy) is 1. The summed E-state index contributed by atoms with van der Waals surface area (Å²) in [6, 6.07) is -0.499. The van der Waals surface area contributed by atoms with Crippen molar-refractivity contribution < 1.29 is 14.3 Å². The van der Waals surface area contributed by atoms with Gasteiger partial charge in [0.1, 0.15) is 11.2 Å². The predicted molar refractivity (Wildman–Crippen MR) is 83.4 cm³/mol. The Bertz CT molecular complexity index is 609. The molecule has 1 saturated heterocycles. The fourth-order valence-electron chi connectivity index (χ4n) is 2.66. The number of amides is 1. The zero-order valence-electron chi connectivity index (χ0n) is 13.0. The van der Waals surface area contributed by atoms with E-state index in [4.69, 9.17) is 16.3 Å². The number of carbonyl (C=O) groups is 2. The topological polar surface area (TPSA) is 64.4 Å². The van der Waals surface area contributed by atoms with Gasteiger partial charge in [0.2, 0.25) is 5.91 Å². The number of aromatic nitrogens is 2. The summed E-state index contributed by atoms with van der Waals surface area (Å²) in [5.41, 5.74) is 1.46. The molecule has 0 N–H and O–H groups in total. The van der Waals surface area contributed by atoms with E-state index in [1.165, 1.54) is 13.2 Å². The third-order valence-electron chi connectivity index (χ3n) is 3.85. The fraction of sp³-hybridized carbons (Fsp3) is 0.533. The van der Waals surface area contributed by atoms with Gasteiger partial charge in [-0.05, 0) is 32.3 Å². The summed E-state index contributed by atoms with van der Waals surface area (Å²) in [6.45, 7) is 2.39. The summed E-state index contributed by atoms with van der Waals surface area (Å²) < 4.78 is 6.34. The van der Waals surface area contributed by atoms with Gasteiger partial charge in [0.25, 0.3) is 0 Å². The Morgan fingerprint density at radius 1 is 1.41 bits per heavy atom. The number of rotatable bonds is 3. The third-order valence-corrected chi connectivity index (χ3v) is 4.30. The molecular weight excluding hydrogens is 306 g/mol. The number of carbonyl (C=O) groups excluding carboxylic acids is 2. The molecule has 0 radical (unpaired) electrons. The van der Waals surface area contributed by atoms with E-state index in [1.54, 1.807) is 22.7 Å². The molecule has 1 aromatic rings. The van der Waals surface area contributed by atoms with E-state index in [0.29, 0.717) is 23.7 Å². The summed E-state index contributed by atoms with van der Waals surface area (Å²) >= 11 is 6.14. The van der Waals surface area contributed by atoms with E-state index in [2.05, 4.69) is 5.10 Å². The van der Waals surface area contributed by atoms with Crippen molar-refractivity contribution in [2.45, 2.75) is 32.2 Å². The third kappa shape index (κ3) is 3.32. The zero-order chi connectivity index (χ0) is 16.3. The molecule has 2 heterocycles. The van der Waals surface area contributed by atoms with Crippen LogP contribution in [0, 0.1) is 6.92 Å². The van der Waals surface area contributed by atoms with Crippen LogP contribution in [0.15, 0.2) is 6.08 Å². The standard InChI is InChI=1S/C15H20ClN3O3/c1-10-11(14(16)18(2)17-10)7-8-13(20)19-9-5-4-6-12(19)15(21)22-3/h7-8,12H,4-6,9H2,1-3H3/b8-7-/t12-/m0/s1. The van der Waals surface area contributed by atoms with Gasteiger partial charge in [-0.3, -0.25) is 9.48 Å². The van der Waals surface area contributed by atoms with Crippen molar-refractivity contribution in [3.05, 3.63) is 22.5 Å². The predicted octanol–water partition coefficient (Wildman–Crippen LogP) is 1.95. The average molecular weight is 326 g/mol. The highest BCUT2D eigenvalue weighted by Gasteiger charge is 2.31. The van der Waals surface area contributed by atoms with Crippen LogP contribution in [0.3, 0.4) is 0 Å². The summed E-state index contributed by atoms with van der Waals surface area (Å²) in [7, 11) is 3.08. The molecule has 0 bridgehead atoms. The van der Waals surface area contributed by atoms with Gasteiger partial charge in [0.15, 0.2) is 0 Å². The summed E-state index contributed by atoms with van der Waals surface area (Å²) in [6.07, 6.45) is 5.53. The average Bonchev–Trinajstić information content (AvgIpc) is 2.77. The molecule has 0 unspecified atom stereocenters. The van der Waals surface area contributed by atoms with Gasteiger partial charge in [-0.1, -0.05) is 11.6 Å². The number of likely N-dealkylation sites (tertiary alicyclic amines) is 1. The van der Waals surface area contributed by atoms with Crippen molar-refractivity contribution in [3.8, 4) is 0 Å². The number of halogens is 1. The molecule has 0 saturated carbocycles. The highest BCUT2D eigenvalue weighted by Crippen LogP contribution is 2.22. The van der Waals surface area contributed by atoms with Crippen molar-refractivity contribution >= 4 is 29.6 Å². The Morgan fingerprint density at radius 2 is 2.14 bits per heavy atom. The number of aryl methyl sites for hydroxylation is 2. The molecular formula is C15H20ClN3O3. The second kappa shape index (κ2) is 6.96. The van der Waals surface area contributed by atoms with Crippen molar-refractivity contribution in [2.24, 2.45) is 7.05 Å². The second-order valence-corrected chi connectivity index (χ2v) is 5.67. The first kappa shape index (κ1) is 16.5. The van der Waals surface area contributed by atoms with Crippen molar-refractivity contribution in [1.82, 2.24) is 14.7 Å². The Labute approximate surface area is 134 Å². The smallest absolute Gasteiger partial charge is 0.328 e. The lowest BCUT2D eigenvalue weighted by molar-refractivity contribution is -0.153. The normalized spacial score (nSPS) is 18.7. The van der Waals surface area contributed by atoms with Crippen LogP contribution < -0.4 is 0 Å². The van der Waals surface area contributed by atoms with Gasteiger partial charge in [-0.2, -0.15) is 5.10 Å². The van der Waals surface area contributed by atoms with E-state index in [0.717, 1.165) is 18.5 Å². The molecule has 0 spiro atoms. The van der Waals surface area contributed by atoms with Gasteiger partial charge in [-0.25, -0.2) is 4.79 Å². The fourth-order valence-corrected chi connectivity index (χ4v) is 2.90. The van der Waals surface area contributed by atoms with E-state index in [9.17, 15) is 9.59 Å². The lowest BCUT2D eigenvalue weighted by atomic mass is 10.0. The monoisotopic (exact) mass is 325 g/mol. The first-order valence-electron chi connectivity index (χ1n) is 7.21. The molecule has 120 valence electrons. The highest BCUT2D eigenvalue weighted by atomic mass is 35.5. The summed E-state index contributed by atoms with van der Waals surface area (Å²) in [5.74, 6) is -0.577. The van der Waals surface area contributed by atoms with Crippen LogP contribution >= 0.6 is 11.6 Å². The molecule has 1 amide bonds. The van der Waals surface area contributed by atoms with E-state index in [-0.39, 0.29) is 11.9 Å². The molecule has 0 aromatic carbocycles. The molecule has 22 heavy (non-hydrogen) atoms. The minimum Gasteiger partial charge on any atom is -0.467 e. The molecule has 1 aliphatic rings. The Balaban J connectivity index is 2.16. The van der Waals surface area contributed by atoms with Crippen LogP contribution in [-0.2, 0) is 21.4 Å². The van der Waals surface area contributed by atoms with Crippen LogP contribution in [0.25, 0.3) is 6.08 Å². The van der Waals surface area contributed by atoms with E-state index in [1.807, 2.05) is 6.92 Å². The first-order chi connectivity index (χ1) is 10.5. The van der Waals surface area contributed by atoms with Crippen LogP contribution in [-0.4, -0.2) is 46.3 Å². The lowest BCUT2D eigenvalue weighted by Gasteiger charge is -2.32.